The maximum atomic E-state index is 13.9. The molecule has 0 unspecified atom stereocenters. The van der Waals surface area contributed by atoms with E-state index in [4.69, 9.17) is 18.6 Å². The monoisotopic (exact) mass is 780 g/mol. The zero-order chi connectivity index (χ0) is 40.1. The molecule has 302 valence electrons. The number of piperazine rings is 1. The molecule has 7 rings (SSSR count). The number of anilines is 1. The fourth-order valence-electron chi connectivity index (χ4n) is 7.46. The Balaban J connectivity index is 0.945. The first kappa shape index (κ1) is 40.6. The van der Waals surface area contributed by atoms with E-state index in [0.717, 1.165) is 94.1 Å². The Morgan fingerprint density at radius 3 is 1.83 bits per heavy atom. The average Bonchev–Trinajstić information content (AvgIpc) is 3.27. The van der Waals surface area contributed by atoms with Gasteiger partial charge in [-0.1, -0.05) is 91.0 Å². The number of nitrogens with zero attached hydrogens (tertiary/aromatic N) is 4. The summed E-state index contributed by atoms with van der Waals surface area (Å²) in [5.74, 6) is 1.59. The van der Waals surface area contributed by atoms with E-state index in [0.29, 0.717) is 35.0 Å². The third kappa shape index (κ3) is 10.9. The Hall–Kier alpha value is -5.61. The normalized spacial score (nSPS) is 13.5. The summed E-state index contributed by atoms with van der Waals surface area (Å²) in [5, 5.41) is 0.308. The van der Waals surface area contributed by atoms with Gasteiger partial charge in [0.15, 0.2) is 16.8 Å². The summed E-state index contributed by atoms with van der Waals surface area (Å²) in [5.41, 5.74) is 5.34. The standard InChI is InChI=1S/C49H56N4O5/c1-50(27-28-52-29-31-53(32-30-52)35-38-15-7-4-8-16-38)25-13-14-26-51(2)42-23-21-41(22-24-42)44-33-43(54)47-45(56-36-39-17-9-5-10-18-39)34-46(48(55-3)49(47)58-44)57-37-40-19-11-6-12-20-40/h4-12,15-24,33-34H,13-14,25-32,35-37H2,1-3H3. The largest absolute Gasteiger partial charge is 0.490 e. The lowest BCUT2D eigenvalue weighted by molar-refractivity contribution is 0.117. The summed E-state index contributed by atoms with van der Waals surface area (Å²) in [6.45, 7) is 10.4. The lowest BCUT2D eigenvalue weighted by Gasteiger charge is -2.35. The molecule has 1 aromatic heterocycles. The zero-order valence-electron chi connectivity index (χ0n) is 34.1. The molecule has 0 aliphatic carbocycles. The Bertz CT molecular complexity index is 2220. The van der Waals surface area contributed by atoms with Gasteiger partial charge in [-0.3, -0.25) is 14.6 Å². The summed E-state index contributed by atoms with van der Waals surface area (Å²) in [6, 6.07) is 41.9. The first-order valence-electron chi connectivity index (χ1n) is 20.4. The van der Waals surface area contributed by atoms with Gasteiger partial charge in [-0.05, 0) is 67.4 Å². The number of hydrogen-bond donors (Lipinski definition) is 0. The van der Waals surface area contributed by atoms with Crippen molar-refractivity contribution >= 4 is 16.7 Å². The molecule has 0 saturated carbocycles. The van der Waals surface area contributed by atoms with Crippen molar-refractivity contribution in [2.45, 2.75) is 32.6 Å². The number of unbranched alkanes of at least 4 members (excludes halogenated alkanes) is 1. The lowest BCUT2D eigenvalue weighted by Crippen LogP contribution is -2.47. The summed E-state index contributed by atoms with van der Waals surface area (Å²) in [7, 11) is 5.93. The second-order valence-corrected chi connectivity index (χ2v) is 15.2. The minimum Gasteiger partial charge on any atom is -0.490 e. The molecule has 0 bridgehead atoms. The van der Waals surface area contributed by atoms with Gasteiger partial charge in [0.25, 0.3) is 0 Å². The third-order valence-electron chi connectivity index (χ3n) is 11.0. The molecule has 0 amide bonds. The van der Waals surface area contributed by atoms with E-state index in [2.05, 4.69) is 76.2 Å². The number of rotatable bonds is 19. The van der Waals surface area contributed by atoms with Crippen LogP contribution < -0.4 is 24.5 Å². The number of ether oxygens (including phenoxy) is 3. The van der Waals surface area contributed by atoms with Gasteiger partial charge in [-0.15, -0.1) is 0 Å². The SMILES string of the molecule is COc1c(OCc2ccccc2)cc(OCc2ccccc2)c2c(=O)cc(-c3ccc(N(C)CCCCN(C)CCN4CCN(Cc5ccccc5)CC4)cc3)oc12. The first-order valence-corrected chi connectivity index (χ1v) is 20.4. The molecular weight excluding hydrogens is 725 g/mol. The Morgan fingerprint density at radius 1 is 0.638 bits per heavy atom. The minimum atomic E-state index is -0.222. The van der Waals surface area contributed by atoms with E-state index in [1.807, 2.05) is 72.8 Å². The predicted molar refractivity (Wildman–Crippen MR) is 234 cm³/mol. The number of hydrogen-bond acceptors (Lipinski definition) is 9. The molecule has 9 nitrogen and oxygen atoms in total. The molecule has 9 heteroatoms. The van der Waals surface area contributed by atoms with E-state index in [-0.39, 0.29) is 17.6 Å². The molecule has 1 aliphatic heterocycles. The molecule has 0 atom stereocenters. The van der Waals surface area contributed by atoms with Crippen LogP contribution >= 0.6 is 0 Å². The van der Waals surface area contributed by atoms with Crippen molar-refractivity contribution < 1.29 is 18.6 Å². The van der Waals surface area contributed by atoms with Crippen LogP contribution in [-0.2, 0) is 19.8 Å². The fourth-order valence-corrected chi connectivity index (χ4v) is 7.46. The summed E-state index contributed by atoms with van der Waals surface area (Å²) >= 11 is 0. The van der Waals surface area contributed by atoms with Gasteiger partial charge in [0.05, 0.1) is 7.11 Å². The fraction of sp³-hybridized carbons (Fsp3) is 0.327. The van der Waals surface area contributed by atoms with E-state index in [1.54, 1.807) is 13.2 Å². The molecule has 1 saturated heterocycles. The minimum absolute atomic E-state index is 0.222. The highest BCUT2D eigenvalue weighted by Gasteiger charge is 2.22. The topological polar surface area (TPSA) is 70.9 Å². The molecular formula is C49H56N4O5. The lowest BCUT2D eigenvalue weighted by atomic mass is 10.1. The van der Waals surface area contributed by atoms with Crippen molar-refractivity contribution in [2.75, 3.05) is 78.5 Å². The van der Waals surface area contributed by atoms with Crippen molar-refractivity contribution in [3.05, 3.63) is 154 Å². The number of fused-ring (bicyclic) bond motifs is 1. The van der Waals surface area contributed by atoms with Gasteiger partial charge in [0.1, 0.15) is 30.1 Å². The van der Waals surface area contributed by atoms with Gasteiger partial charge in [-0.25, -0.2) is 0 Å². The molecule has 6 aromatic rings. The Labute approximate surface area is 343 Å². The van der Waals surface area contributed by atoms with Gasteiger partial charge < -0.3 is 28.4 Å². The van der Waals surface area contributed by atoms with E-state index < -0.39 is 0 Å². The molecule has 0 spiro atoms. The maximum Gasteiger partial charge on any atom is 0.205 e. The van der Waals surface area contributed by atoms with Crippen LogP contribution in [0.2, 0.25) is 0 Å². The molecule has 0 radical (unpaired) electrons. The van der Waals surface area contributed by atoms with Gasteiger partial charge in [0.2, 0.25) is 5.75 Å². The number of benzene rings is 5. The van der Waals surface area contributed by atoms with E-state index in [1.165, 1.54) is 11.6 Å². The van der Waals surface area contributed by atoms with E-state index in [9.17, 15) is 4.79 Å². The van der Waals surface area contributed by atoms with Crippen molar-refractivity contribution in [3.8, 4) is 28.6 Å². The van der Waals surface area contributed by atoms with Crippen LogP contribution in [0.3, 0.4) is 0 Å². The van der Waals surface area contributed by atoms with Crippen molar-refractivity contribution in [3.63, 3.8) is 0 Å². The Kier molecular flexibility index (Phi) is 14.1. The van der Waals surface area contributed by atoms with Crippen LogP contribution in [-0.4, -0.2) is 88.3 Å². The molecule has 58 heavy (non-hydrogen) atoms. The van der Waals surface area contributed by atoms with Crippen molar-refractivity contribution in [2.24, 2.45) is 0 Å². The van der Waals surface area contributed by atoms with Crippen LogP contribution in [0.5, 0.6) is 17.2 Å². The second kappa shape index (κ2) is 20.2. The second-order valence-electron chi connectivity index (χ2n) is 15.2. The van der Waals surface area contributed by atoms with Crippen LogP contribution in [0.1, 0.15) is 29.5 Å². The van der Waals surface area contributed by atoms with Gasteiger partial charge >= 0.3 is 0 Å². The molecule has 0 N–H and O–H groups in total. The molecule has 1 fully saturated rings. The predicted octanol–water partition coefficient (Wildman–Crippen LogP) is 8.59. The van der Waals surface area contributed by atoms with Crippen molar-refractivity contribution in [1.29, 1.82) is 0 Å². The molecule has 5 aromatic carbocycles. The highest BCUT2D eigenvalue weighted by Crippen LogP contribution is 2.42. The molecule has 1 aliphatic rings. The quantitative estimate of drug-likeness (QED) is 0.0752. The van der Waals surface area contributed by atoms with Gasteiger partial charge in [0, 0.05) is 82.8 Å². The first-order chi connectivity index (χ1) is 28.4. The summed E-state index contributed by atoms with van der Waals surface area (Å²) < 4.78 is 24.9. The van der Waals surface area contributed by atoms with Crippen LogP contribution in [0, 0.1) is 0 Å². The number of methoxy groups -OCH3 is 1. The van der Waals surface area contributed by atoms with Crippen LogP contribution in [0.4, 0.5) is 5.69 Å². The average molecular weight is 781 g/mol. The third-order valence-corrected chi connectivity index (χ3v) is 11.0. The number of likely N-dealkylation sites (N-methyl/N-ethyl adjacent to an activating group) is 1. The Morgan fingerprint density at radius 2 is 1.21 bits per heavy atom. The van der Waals surface area contributed by atoms with Crippen LogP contribution in [0.25, 0.3) is 22.3 Å². The van der Waals surface area contributed by atoms with Crippen molar-refractivity contribution in [1.82, 2.24) is 14.7 Å². The molecule has 2 heterocycles. The summed E-state index contributed by atoms with van der Waals surface area (Å²) in [4.78, 5) is 23.8. The van der Waals surface area contributed by atoms with E-state index >= 15 is 0 Å². The maximum absolute atomic E-state index is 13.9. The highest BCUT2D eigenvalue weighted by atomic mass is 16.5. The van der Waals surface area contributed by atoms with Gasteiger partial charge in [-0.2, -0.15) is 0 Å². The highest BCUT2D eigenvalue weighted by molar-refractivity contribution is 5.92. The summed E-state index contributed by atoms with van der Waals surface area (Å²) in [6.07, 6.45) is 2.24. The zero-order valence-corrected chi connectivity index (χ0v) is 34.1. The smallest absolute Gasteiger partial charge is 0.205 e. The van der Waals surface area contributed by atoms with Crippen LogP contribution in [0.15, 0.2) is 137 Å².